The molecule has 2 atom stereocenters. The van der Waals surface area contributed by atoms with Gasteiger partial charge in [-0.2, -0.15) is 0 Å². The van der Waals surface area contributed by atoms with Crippen molar-refractivity contribution in [2.45, 2.75) is 65.5 Å². The molecular formula is C19H30N2O3. The first-order valence-electron chi connectivity index (χ1n) is 9.14. The third-order valence-corrected chi connectivity index (χ3v) is 5.15. The summed E-state index contributed by atoms with van der Waals surface area (Å²) >= 11 is 0. The van der Waals surface area contributed by atoms with Crippen molar-refractivity contribution in [2.75, 3.05) is 19.7 Å². The first-order valence-corrected chi connectivity index (χ1v) is 9.14. The first kappa shape index (κ1) is 17.3. The molecule has 2 heterocycles. The monoisotopic (exact) mass is 334 g/mol. The molecule has 2 unspecified atom stereocenters. The molecule has 1 aliphatic heterocycles. The zero-order valence-electron chi connectivity index (χ0n) is 15.4. The number of hydrogen-bond donors (Lipinski definition) is 1. The summed E-state index contributed by atoms with van der Waals surface area (Å²) in [5.41, 5.74) is 1.27. The maximum atomic E-state index is 12.8. The number of carbonyl (C=O) groups excluding carboxylic acids is 1. The predicted octanol–water partition coefficient (Wildman–Crippen LogP) is 3.81. The highest BCUT2D eigenvalue weighted by Crippen LogP contribution is 2.42. The number of aryl methyl sites for hydroxylation is 1. The van der Waals surface area contributed by atoms with Crippen LogP contribution in [0.15, 0.2) is 10.5 Å². The van der Waals surface area contributed by atoms with E-state index in [4.69, 9.17) is 9.15 Å². The Morgan fingerprint density at radius 2 is 2.25 bits per heavy atom. The lowest BCUT2D eigenvalue weighted by Crippen LogP contribution is -2.46. The summed E-state index contributed by atoms with van der Waals surface area (Å²) in [7, 11) is 0. The van der Waals surface area contributed by atoms with Crippen molar-refractivity contribution in [3.05, 3.63) is 23.2 Å². The highest BCUT2D eigenvalue weighted by Gasteiger charge is 2.36. The first-order chi connectivity index (χ1) is 11.4. The minimum absolute atomic E-state index is 0.000466. The molecule has 24 heavy (non-hydrogen) atoms. The van der Waals surface area contributed by atoms with E-state index in [2.05, 4.69) is 25.2 Å². The molecule has 5 heteroatoms. The van der Waals surface area contributed by atoms with Crippen LogP contribution in [-0.4, -0.2) is 36.7 Å². The van der Waals surface area contributed by atoms with Crippen LogP contribution in [0.5, 0.6) is 0 Å². The van der Waals surface area contributed by atoms with Gasteiger partial charge in [0.1, 0.15) is 11.5 Å². The topological polar surface area (TPSA) is 54.7 Å². The van der Waals surface area contributed by atoms with Crippen LogP contribution >= 0.6 is 0 Å². The summed E-state index contributed by atoms with van der Waals surface area (Å²) in [5, 5.41) is 3.24. The quantitative estimate of drug-likeness (QED) is 0.911. The summed E-state index contributed by atoms with van der Waals surface area (Å²) in [4.78, 5) is 14.7. The van der Waals surface area contributed by atoms with Gasteiger partial charge in [-0.05, 0) is 44.6 Å². The number of furan rings is 1. The fourth-order valence-corrected chi connectivity index (χ4v) is 3.94. The number of carbonyl (C=O) groups is 1. The van der Waals surface area contributed by atoms with Crippen molar-refractivity contribution in [3.8, 4) is 0 Å². The number of hydrogen-bond acceptors (Lipinski definition) is 3. The average Bonchev–Trinajstić information content (AvgIpc) is 3.12. The lowest BCUT2D eigenvalue weighted by Gasteiger charge is -2.36. The smallest absolute Gasteiger partial charge is 0.317 e. The molecule has 5 nitrogen and oxygen atoms in total. The zero-order chi connectivity index (χ0) is 17.3. The standard InChI is InChI=1S/C19H30N2O3/c1-5-21(12-14-7-6-8-23-14)18(22)20-16-10-19(3,4)11-17-15(16)9-13(2)24-17/h9,14,16H,5-8,10-12H2,1-4H3,(H,20,22). The van der Waals surface area contributed by atoms with Crippen molar-refractivity contribution in [2.24, 2.45) is 5.41 Å². The van der Waals surface area contributed by atoms with Gasteiger partial charge in [-0.3, -0.25) is 0 Å². The van der Waals surface area contributed by atoms with E-state index in [1.807, 2.05) is 18.7 Å². The molecule has 0 saturated carbocycles. The maximum Gasteiger partial charge on any atom is 0.317 e. The molecule has 1 fully saturated rings. The molecule has 0 bridgehead atoms. The van der Waals surface area contributed by atoms with Crippen molar-refractivity contribution < 1.29 is 13.9 Å². The Balaban J connectivity index is 1.70. The van der Waals surface area contributed by atoms with E-state index in [9.17, 15) is 4.79 Å². The van der Waals surface area contributed by atoms with E-state index in [0.717, 1.165) is 49.4 Å². The Morgan fingerprint density at radius 1 is 1.46 bits per heavy atom. The van der Waals surface area contributed by atoms with Crippen molar-refractivity contribution >= 4 is 6.03 Å². The van der Waals surface area contributed by atoms with Crippen LogP contribution in [0.3, 0.4) is 0 Å². The fraction of sp³-hybridized carbons (Fsp3) is 0.737. The Bertz CT molecular complexity index is 587. The Morgan fingerprint density at radius 3 is 2.92 bits per heavy atom. The molecule has 0 radical (unpaired) electrons. The van der Waals surface area contributed by atoms with Gasteiger partial charge in [-0.1, -0.05) is 13.8 Å². The number of ether oxygens (including phenoxy) is 1. The normalized spacial score (nSPS) is 25.3. The van der Waals surface area contributed by atoms with Gasteiger partial charge in [-0.15, -0.1) is 0 Å². The van der Waals surface area contributed by atoms with Gasteiger partial charge in [0.25, 0.3) is 0 Å². The molecule has 3 rings (SSSR count). The minimum atomic E-state index is 0.000466. The number of likely N-dealkylation sites (N-methyl/N-ethyl adjacent to an activating group) is 1. The average molecular weight is 334 g/mol. The number of amides is 2. The maximum absolute atomic E-state index is 12.8. The lowest BCUT2D eigenvalue weighted by atomic mass is 9.75. The second-order valence-electron chi connectivity index (χ2n) is 7.96. The molecule has 0 aromatic carbocycles. The molecule has 134 valence electrons. The zero-order valence-corrected chi connectivity index (χ0v) is 15.4. The Labute approximate surface area is 144 Å². The number of nitrogens with one attached hydrogen (secondary N) is 1. The highest BCUT2D eigenvalue weighted by molar-refractivity contribution is 5.75. The van der Waals surface area contributed by atoms with Crippen LogP contribution in [0.2, 0.25) is 0 Å². The summed E-state index contributed by atoms with van der Waals surface area (Å²) < 4.78 is 11.5. The predicted molar refractivity (Wildman–Crippen MR) is 93.0 cm³/mol. The van der Waals surface area contributed by atoms with Crippen molar-refractivity contribution in [1.82, 2.24) is 10.2 Å². The molecule has 0 spiro atoms. The van der Waals surface area contributed by atoms with Gasteiger partial charge in [0.05, 0.1) is 12.1 Å². The van der Waals surface area contributed by atoms with Crippen molar-refractivity contribution in [3.63, 3.8) is 0 Å². The molecule has 1 aromatic heterocycles. The van der Waals surface area contributed by atoms with Crippen LogP contribution in [0.1, 0.15) is 63.2 Å². The summed E-state index contributed by atoms with van der Waals surface area (Å²) in [6.45, 7) is 10.6. The second-order valence-corrected chi connectivity index (χ2v) is 7.96. The van der Waals surface area contributed by atoms with E-state index in [1.165, 1.54) is 0 Å². The van der Waals surface area contributed by atoms with Crippen LogP contribution in [0.25, 0.3) is 0 Å². The van der Waals surface area contributed by atoms with Gasteiger partial charge >= 0.3 is 6.03 Å². The van der Waals surface area contributed by atoms with Gasteiger partial charge in [0, 0.05) is 31.7 Å². The Kier molecular flexibility index (Phi) is 4.90. The molecule has 1 saturated heterocycles. The van der Waals surface area contributed by atoms with E-state index in [-0.39, 0.29) is 23.6 Å². The largest absolute Gasteiger partial charge is 0.466 e. The third-order valence-electron chi connectivity index (χ3n) is 5.15. The molecule has 2 amide bonds. The SMILES string of the molecule is CCN(CC1CCCO1)C(=O)NC1CC(C)(C)Cc2oc(C)cc21. The number of urea groups is 1. The van der Waals surface area contributed by atoms with Crippen LogP contribution in [-0.2, 0) is 11.2 Å². The van der Waals surface area contributed by atoms with E-state index in [1.54, 1.807) is 0 Å². The molecule has 1 N–H and O–H groups in total. The fourth-order valence-electron chi connectivity index (χ4n) is 3.94. The minimum Gasteiger partial charge on any atom is -0.466 e. The molecule has 1 aliphatic carbocycles. The Hall–Kier alpha value is -1.49. The second kappa shape index (κ2) is 6.79. The number of rotatable bonds is 4. The van der Waals surface area contributed by atoms with Gasteiger partial charge in [0.2, 0.25) is 0 Å². The lowest BCUT2D eigenvalue weighted by molar-refractivity contribution is 0.0814. The number of fused-ring (bicyclic) bond motifs is 1. The summed E-state index contributed by atoms with van der Waals surface area (Å²) in [6.07, 6.45) is 4.19. The van der Waals surface area contributed by atoms with Gasteiger partial charge in [0.15, 0.2) is 0 Å². The van der Waals surface area contributed by atoms with E-state index < -0.39 is 0 Å². The van der Waals surface area contributed by atoms with Crippen LogP contribution in [0, 0.1) is 12.3 Å². The van der Waals surface area contributed by atoms with Crippen LogP contribution < -0.4 is 5.32 Å². The van der Waals surface area contributed by atoms with E-state index in [0.29, 0.717) is 13.1 Å². The third kappa shape index (κ3) is 3.77. The van der Waals surface area contributed by atoms with E-state index >= 15 is 0 Å². The molecular weight excluding hydrogens is 304 g/mol. The summed E-state index contributed by atoms with van der Waals surface area (Å²) in [5.74, 6) is 1.94. The van der Waals surface area contributed by atoms with Gasteiger partial charge in [-0.25, -0.2) is 4.79 Å². The van der Waals surface area contributed by atoms with Gasteiger partial charge < -0.3 is 19.4 Å². The summed E-state index contributed by atoms with van der Waals surface area (Å²) in [6, 6.07) is 2.10. The molecule has 1 aromatic rings. The van der Waals surface area contributed by atoms with Crippen LogP contribution in [0.4, 0.5) is 4.79 Å². The van der Waals surface area contributed by atoms with Crippen molar-refractivity contribution in [1.29, 1.82) is 0 Å². The highest BCUT2D eigenvalue weighted by atomic mass is 16.5. The number of nitrogens with zero attached hydrogens (tertiary/aromatic N) is 1. The molecule has 2 aliphatic rings.